The number of rotatable bonds is 4. The second kappa shape index (κ2) is 6.87. The number of halogens is 1. The molecule has 0 unspecified atom stereocenters. The fraction of sp³-hybridized carbons (Fsp3) is 0.0500. The van der Waals surface area contributed by atoms with Crippen LogP contribution in [0, 0.1) is 5.82 Å². The Labute approximate surface area is 153 Å². The number of pyridine rings is 1. The number of benzene rings is 2. The molecule has 0 radical (unpaired) electrons. The Balaban J connectivity index is 1.56. The van der Waals surface area contributed by atoms with E-state index in [1.807, 2.05) is 12.1 Å². The number of anilines is 1. The van der Waals surface area contributed by atoms with Crippen LogP contribution >= 0.6 is 0 Å². The zero-order valence-electron chi connectivity index (χ0n) is 14.2. The maximum absolute atomic E-state index is 13.3. The van der Waals surface area contributed by atoms with Crippen molar-refractivity contribution in [2.24, 2.45) is 0 Å². The van der Waals surface area contributed by atoms with Crippen molar-refractivity contribution >= 4 is 17.2 Å². The first-order valence-electron chi connectivity index (χ1n) is 8.30. The maximum atomic E-state index is 13.3. The molecule has 2 heterocycles. The number of nitrogens with one attached hydrogen (secondary N) is 1. The zero-order chi connectivity index (χ0) is 18.8. The number of nitrogens with zero attached hydrogens (tertiary/aromatic N) is 3. The Bertz CT molecular complexity index is 1200. The molecule has 4 aromatic rings. The van der Waals surface area contributed by atoms with E-state index in [2.05, 4.69) is 10.4 Å². The molecule has 6 nitrogen and oxygen atoms in total. The molecule has 0 bridgehead atoms. The van der Waals surface area contributed by atoms with Crippen LogP contribution in [0.15, 0.2) is 77.7 Å². The lowest BCUT2D eigenvalue weighted by Gasteiger charge is -2.07. The lowest BCUT2D eigenvalue weighted by atomic mass is 10.1. The van der Waals surface area contributed by atoms with E-state index in [0.717, 1.165) is 5.56 Å². The zero-order valence-corrected chi connectivity index (χ0v) is 14.2. The van der Waals surface area contributed by atoms with E-state index < -0.39 is 11.7 Å². The third-order valence-corrected chi connectivity index (χ3v) is 4.09. The Morgan fingerprint density at radius 3 is 2.70 bits per heavy atom. The standard InChI is InChI=1S/C20H15FN4O2/c21-16-7-4-6-15(12-16)19(26)22-17-8-3-5-14(11-17)13-25-20(27)24-10-2-1-9-18(24)23-25/h1-12H,13H2,(H,22,26). The first-order chi connectivity index (χ1) is 13.1. The van der Waals surface area contributed by atoms with E-state index in [-0.39, 0.29) is 17.8 Å². The lowest BCUT2D eigenvalue weighted by molar-refractivity contribution is 0.102. The Morgan fingerprint density at radius 1 is 1.04 bits per heavy atom. The Hall–Kier alpha value is -3.74. The SMILES string of the molecule is O=C(Nc1cccc(Cn2nc3ccccn3c2=O)c1)c1cccc(F)c1. The number of carbonyl (C=O) groups excluding carboxylic acids is 1. The number of hydrogen-bond donors (Lipinski definition) is 1. The van der Waals surface area contributed by atoms with Gasteiger partial charge < -0.3 is 5.32 Å². The molecule has 0 atom stereocenters. The van der Waals surface area contributed by atoms with Gasteiger partial charge in [-0.25, -0.2) is 13.9 Å². The number of carbonyl (C=O) groups is 1. The van der Waals surface area contributed by atoms with Crippen molar-refractivity contribution in [3.63, 3.8) is 0 Å². The van der Waals surface area contributed by atoms with Crippen LogP contribution in [0.1, 0.15) is 15.9 Å². The van der Waals surface area contributed by atoms with Gasteiger partial charge in [-0.05, 0) is 48.0 Å². The van der Waals surface area contributed by atoms with Gasteiger partial charge in [-0.15, -0.1) is 5.10 Å². The summed E-state index contributed by atoms with van der Waals surface area (Å²) in [4.78, 5) is 24.6. The van der Waals surface area contributed by atoms with Gasteiger partial charge in [0.2, 0.25) is 0 Å². The predicted molar refractivity (Wildman–Crippen MR) is 99.3 cm³/mol. The van der Waals surface area contributed by atoms with Crippen LogP contribution in [-0.2, 0) is 6.54 Å². The highest BCUT2D eigenvalue weighted by atomic mass is 19.1. The highest BCUT2D eigenvalue weighted by Gasteiger charge is 2.09. The summed E-state index contributed by atoms with van der Waals surface area (Å²) < 4.78 is 16.1. The molecule has 0 aliphatic rings. The van der Waals surface area contributed by atoms with Gasteiger partial charge in [-0.2, -0.15) is 0 Å². The van der Waals surface area contributed by atoms with Crippen LogP contribution in [-0.4, -0.2) is 20.1 Å². The molecular formula is C20H15FN4O2. The van der Waals surface area contributed by atoms with Crippen molar-refractivity contribution in [3.8, 4) is 0 Å². The molecule has 0 aliphatic heterocycles. The topological polar surface area (TPSA) is 68.4 Å². The summed E-state index contributed by atoms with van der Waals surface area (Å²) in [5, 5.41) is 7.03. The molecule has 0 aliphatic carbocycles. The normalized spacial score (nSPS) is 10.9. The van der Waals surface area contributed by atoms with Gasteiger partial charge in [0.25, 0.3) is 5.91 Å². The van der Waals surface area contributed by atoms with Crippen molar-refractivity contribution < 1.29 is 9.18 Å². The quantitative estimate of drug-likeness (QED) is 0.607. The summed E-state index contributed by atoms with van der Waals surface area (Å²) in [6, 6.07) is 17.9. The molecule has 4 rings (SSSR count). The summed E-state index contributed by atoms with van der Waals surface area (Å²) in [5.74, 6) is -0.876. The van der Waals surface area contributed by atoms with E-state index in [1.165, 1.54) is 27.3 Å². The summed E-state index contributed by atoms with van der Waals surface area (Å²) in [5.41, 5.74) is 1.92. The second-order valence-electron chi connectivity index (χ2n) is 6.03. The first kappa shape index (κ1) is 16.7. The van der Waals surface area contributed by atoms with Crippen LogP contribution in [0.25, 0.3) is 5.65 Å². The number of fused-ring (bicyclic) bond motifs is 1. The summed E-state index contributed by atoms with van der Waals surface area (Å²) in [7, 11) is 0. The largest absolute Gasteiger partial charge is 0.350 e. The van der Waals surface area contributed by atoms with E-state index in [4.69, 9.17) is 0 Å². The number of hydrogen-bond acceptors (Lipinski definition) is 3. The first-order valence-corrected chi connectivity index (χ1v) is 8.30. The monoisotopic (exact) mass is 362 g/mol. The Morgan fingerprint density at radius 2 is 1.89 bits per heavy atom. The molecule has 1 N–H and O–H groups in total. The minimum atomic E-state index is -0.470. The van der Waals surface area contributed by atoms with Crippen molar-refractivity contribution in [1.82, 2.24) is 14.2 Å². The molecule has 1 amide bonds. The average molecular weight is 362 g/mol. The van der Waals surface area contributed by atoms with E-state index in [9.17, 15) is 14.0 Å². The van der Waals surface area contributed by atoms with Gasteiger partial charge in [-0.3, -0.25) is 9.20 Å². The molecule has 2 aromatic heterocycles. The third kappa shape index (κ3) is 3.48. The molecule has 7 heteroatoms. The number of amides is 1. The lowest BCUT2D eigenvalue weighted by Crippen LogP contribution is -2.21. The van der Waals surface area contributed by atoms with Gasteiger partial charge in [-0.1, -0.05) is 24.3 Å². The average Bonchev–Trinajstić information content (AvgIpc) is 2.98. The Kier molecular flexibility index (Phi) is 4.25. The fourth-order valence-electron chi connectivity index (χ4n) is 2.82. The smallest absolute Gasteiger partial charge is 0.322 e. The molecular weight excluding hydrogens is 347 g/mol. The molecule has 0 saturated heterocycles. The second-order valence-corrected chi connectivity index (χ2v) is 6.03. The van der Waals surface area contributed by atoms with E-state index in [0.29, 0.717) is 11.3 Å². The molecule has 134 valence electrons. The predicted octanol–water partition coefficient (Wildman–Crippen LogP) is 2.94. The van der Waals surface area contributed by atoms with Crippen LogP contribution in [0.4, 0.5) is 10.1 Å². The van der Waals surface area contributed by atoms with Gasteiger partial charge in [0.1, 0.15) is 5.82 Å². The van der Waals surface area contributed by atoms with Crippen molar-refractivity contribution in [1.29, 1.82) is 0 Å². The van der Waals surface area contributed by atoms with Crippen LogP contribution in [0.3, 0.4) is 0 Å². The molecule has 0 spiro atoms. The number of aromatic nitrogens is 3. The van der Waals surface area contributed by atoms with E-state index in [1.54, 1.807) is 42.6 Å². The molecule has 27 heavy (non-hydrogen) atoms. The fourth-order valence-corrected chi connectivity index (χ4v) is 2.82. The molecule has 0 saturated carbocycles. The van der Waals surface area contributed by atoms with Crippen molar-refractivity contribution in [3.05, 3.63) is 100 Å². The van der Waals surface area contributed by atoms with Gasteiger partial charge in [0.05, 0.1) is 6.54 Å². The molecule has 2 aromatic carbocycles. The van der Waals surface area contributed by atoms with Crippen molar-refractivity contribution in [2.75, 3.05) is 5.32 Å². The van der Waals surface area contributed by atoms with Crippen molar-refractivity contribution in [2.45, 2.75) is 6.54 Å². The minimum Gasteiger partial charge on any atom is -0.322 e. The third-order valence-electron chi connectivity index (χ3n) is 4.09. The minimum absolute atomic E-state index is 0.233. The summed E-state index contributed by atoms with van der Waals surface area (Å²) >= 11 is 0. The maximum Gasteiger partial charge on any atom is 0.350 e. The van der Waals surface area contributed by atoms with Crippen LogP contribution < -0.4 is 11.0 Å². The molecule has 0 fully saturated rings. The highest BCUT2D eigenvalue weighted by Crippen LogP contribution is 2.14. The summed E-state index contributed by atoms with van der Waals surface area (Å²) in [6.07, 6.45) is 1.66. The van der Waals surface area contributed by atoms with Gasteiger partial charge in [0, 0.05) is 17.4 Å². The summed E-state index contributed by atoms with van der Waals surface area (Å²) in [6.45, 7) is 0.268. The van der Waals surface area contributed by atoms with Crippen LogP contribution in [0.2, 0.25) is 0 Å². The van der Waals surface area contributed by atoms with Gasteiger partial charge in [0.15, 0.2) is 5.65 Å². The van der Waals surface area contributed by atoms with E-state index >= 15 is 0 Å². The van der Waals surface area contributed by atoms with Gasteiger partial charge >= 0.3 is 5.69 Å². The van der Waals surface area contributed by atoms with Crippen LogP contribution in [0.5, 0.6) is 0 Å². The highest BCUT2D eigenvalue weighted by molar-refractivity contribution is 6.04.